The van der Waals surface area contributed by atoms with Gasteiger partial charge in [-0.25, -0.2) is 9.97 Å². The highest BCUT2D eigenvalue weighted by Crippen LogP contribution is 2.37. The van der Waals surface area contributed by atoms with Crippen molar-refractivity contribution in [3.8, 4) is 29.1 Å². The molecule has 0 bridgehead atoms. The summed E-state index contributed by atoms with van der Waals surface area (Å²) in [6.07, 6.45) is 4.37. The third kappa shape index (κ3) is 8.69. The van der Waals surface area contributed by atoms with Gasteiger partial charge < -0.3 is 29.9 Å². The number of aryl methyl sites for hydroxylation is 1. The molecule has 0 aliphatic heterocycles. The Morgan fingerprint density at radius 3 is 2.62 bits per heavy atom. The molecule has 0 saturated heterocycles. The van der Waals surface area contributed by atoms with Crippen LogP contribution in [0.2, 0.25) is 0 Å². The van der Waals surface area contributed by atoms with E-state index in [1.54, 1.807) is 18.9 Å². The molecule has 0 fully saturated rings. The van der Waals surface area contributed by atoms with Crippen LogP contribution in [0.5, 0.6) is 17.2 Å². The summed E-state index contributed by atoms with van der Waals surface area (Å²) in [5.74, 6) is 8.84. The van der Waals surface area contributed by atoms with E-state index in [0.717, 1.165) is 51.4 Å². The van der Waals surface area contributed by atoms with Crippen molar-refractivity contribution in [3.63, 3.8) is 0 Å². The minimum atomic E-state index is -0.217. The van der Waals surface area contributed by atoms with Crippen molar-refractivity contribution in [3.05, 3.63) is 78.8 Å². The molecule has 0 aliphatic rings. The molecule has 9 nitrogen and oxygen atoms in total. The second-order valence-electron chi connectivity index (χ2n) is 11.1. The number of nitrogens with one attached hydrogen (secondary N) is 2. The lowest BCUT2D eigenvalue weighted by atomic mass is 9.96. The summed E-state index contributed by atoms with van der Waals surface area (Å²) in [6, 6.07) is 16.0. The number of anilines is 4. The van der Waals surface area contributed by atoms with Gasteiger partial charge in [-0.2, -0.15) is 12.6 Å². The highest BCUT2D eigenvalue weighted by molar-refractivity contribution is 7.80. The van der Waals surface area contributed by atoms with E-state index >= 15 is 0 Å². The molecule has 2 N–H and O–H groups in total. The molecule has 0 saturated carbocycles. The Morgan fingerprint density at radius 2 is 1.94 bits per heavy atom. The number of methoxy groups -OCH3 is 1. The smallest absolute Gasteiger partial charge is 0.298 e. The Balaban J connectivity index is 1.55. The summed E-state index contributed by atoms with van der Waals surface area (Å²) < 4.78 is 12.0. The lowest BCUT2D eigenvalue weighted by Gasteiger charge is -2.22. The molecule has 10 heteroatoms. The number of benzene rings is 3. The molecule has 4 aromatic rings. The van der Waals surface area contributed by atoms with Gasteiger partial charge in [-0.05, 0) is 91.9 Å². The van der Waals surface area contributed by atoms with E-state index in [1.807, 2.05) is 61.5 Å². The minimum absolute atomic E-state index is 0.217. The van der Waals surface area contributed by atoms with Gasteiger partial charge in [0.15, 0.2) is 0 Å². The van der Waals surface area contributed by atoms with Crippen molar-refractivity contribution in [2.45, 2.75) is 40.0 Å². The molecule has 0 radical (unpaired) electrons. The van der Waals surface area contributed by atoms with E-state index in [0.29, 0.717) is 42.9 Å². The number of carbonyl (C=O) groups excluding carboxylic acids is 1. The van der Waals surface area contributed by atoms with Crippen LogP contribution in [0.1, 0.15) is 44.2 Å². The zero-order valence-corrected chi connectivity index (χ0v) is 28.9. The molecule has 1 amide bonds. The monoisotopic (exact) mass is 652 g/mol. The largest absolute Gasteiger partial charge is 0.495 e. The number of fused-ring (bicyclic) bond motifs is 1. The number of ether oxygens (including phenoxy) is 2. The Hall–Kier alpha value is -4.88. The topological polar surface area (TPSA) is 91.8 Å². The minimum Gasteiger partial charge on any atom is -0.495 e. The molecular formula is C37H44N6O3S. The molecule has 0 aliphatic carbocycles. The Labute approximate surface area is 283 Å². The van der Waals surface area contributed by atoms with Gasteiger partial charge in [0.05, 0.1) is 18.3 Å². The molecule has 47 heavy (non-hydrogen) atoms. The summed E-state index contributed by atoms with van der Waals surface area (Å²) in [5.41, 5.74) is 5.68. The van der Waals surface area contributed by atoms with Crippen molar-refractivity contribution in [2.75, 3.05) is 55.1 Å². The molecule has 1 atom stereocenters. The van der Waals surface area contributed by atoms with Crippen LogP contribution in [-0.4, -0.2) is 60.3 Å². The van der Waals surface area contributed by atoms with E-state index in [9.17, 15) is 4.79 Å². The number of hydrogen-bond donors (Lipinski definition) is 3. The maximum atomic E-state index is 12.4. The Morgan fingerprint density at radius 1 is 1.13 bits per heavy atom. The van der Waals surface area contributed by atoms with Gasteiger partial charge in [0.1, 0.15) is 29.4 Å². The first-order chi connectivity index (χ1) is 22.7. The predicted molar refractivity (Wildman–Crippen MR) is 197 cm³/mol. The average Bonchev–Trinajstić information content (AvgIpc) is 3.08. The van der Waals surface area contributed by atoms with Gasteiger partial charge in [-0.1, -0.05) is 26.3 Å². The molecule has 1 unspecified atom stereocenters. The Kier molecular flexibility index (Phi) is 12.4. The third-order valence-electron chi connectivity index (χ3n) is 8.00. The molecule has 246 valence electrons. The number of thiol groups is 1. The van der Waals surface area contributed by atoms with E-state index in [4.69, 9.17) is 9.47 Å². The molecule has 0 spiro atoms. The van der Waals surface area contributed by atoms with Gasteiger partial charge in [0.2, 0.25) is 0 Å². The van der Waals surface area contributed by atoms with Gasteiger partial charge in [0.25, 0.3) is 5.91 Å². The third-order valence-corrected chi connectivity index (χ3v) is 8.20. The number of amides is 1. The fourth-order valence-corrected chi connectivity index (χ4v) is 5.41. The summed E-state index contributed by atoms with van der Waals surface area (Å²) in [7, 11) is 3.62. The van der Waals surface area contributed by atoms with Crippen LogP contribution in [0.25, 0.3) is 10.9 Å². The van der Waals surface area contributed by atoms with Crippen molar-refractivity contribution >= 4 is 52.3 Å². The molecule has 1 heterocycles. The number of carbonyl (C=O) groups is 1. The number of rotatable bonds is 15. The van der Waals surface area contributed by atoms with Crippen LogP contribution in [0.4, 0.5) is 22.9 Å². The fraction of sp³-hybridized carbons (Fsp3) is 0.324. The van der Waals surface area contributed by atoms with Crippen molar-refractivity contribution in [2.24, 2.45) is 0 Å². The second kappa shape index (κ2) is 16.6. The lowest BCUT2D eigenvalue weighted by molar-refractivity contribution is -0.124. The quantitative estimate of drug-likeness (QED) is 0.0887. The SMILES string of the molecule is C=CN(C)c1ccc(Oc2ccc(Nc3ncnc4cc(OC)c(NCCN(CCS)C(=O)C#CC)cc34)cc2C)cc1C(C)CC. The first-order valence-electron chi connectivity index (χ1n) is 15.7. The van der Waals surface area contributed by atoms with Crippen LogP contribution in [-0.2, 0) is 4.79 Å². The van der Waals surface area contributed by atoms with Crippen LogP contribution in [0, 0.1) is 18.8 Å². The fourth-order valence-electron chi connectivity index (χ4n) is 5.17. The zero-order valence-electron chi connectivity index (χ0n) is 28.1. The van der Waals surface area contributed by atoms with Crippen LogP contribution in [0.3, 0.4) is 0 Å². The maximum absolute atomic E-state index is 12.4. The summed E-state index contributed by atoms with van der Waals surface area (Å²) >= 11 is 4.28. The van der Waals surface area contributed by atoms with Gasteiger partial charge in [-0.15, -0.1) is 0 Å². The summed E-state index contributed by atoms with van der Waals surface area (Å²) in [4.78, 5) is 25.1. The first kappa shape index (κ1) is 35.0. The molecular weight excluding hydrogens is 609 g/mol. The predicted octanol–water partition coefficient (Wildman–Crippen LogP) is 7.77. The standard InChI is InChI=1S/C37H44N6O3S/c1-8-11-36(44)43(18-19-47)17-16-38-32-22-30-31(23-35(32)45-7)39-24-40-37(30)41-27-12-15-34(26(5)20-27)46-28-13-14-33(42(6)10-3)29(21-28)25(4)9-2/h10,12-15,20-25,38,47H,3,9,16-19H2,1-2,4-7H3,(H,39,40,41). The van der Waals surface area contributed by atoms with Crippen LogP contribution < -0.4 is 25.0 Å². The van der Waals surface area contributed by atoms with E-state index in [1.165, 1.54) is 11.9 Å². The van der Waals surface area contributed by atoms with Gasteiger partial charge >= 0.3 is 0 Å². The maximum Gasteiger partial charge on any atom is 0.298 e. The zero-order chi connectivity index (χ0) is 33.9. The van der Waals surface area contributed by atoms with E-state index in [-0.39, 0.29) is 5.91 Å². The van der Waals surface area contributed by atoms with E-state index < -0.39 is 0 Å². The van der Waals surface area contributed by atoms with Crippen molar-refractivity contribution in [1.29, 1.82) is 0 Å². The van der Waals surface area contributed by atoms with Crippen molar-refractivity contribution in [1.82, 2.24) is 14.9 Å². The number of nitrogens with zero attached hydrogens (tertiary/aromatic N) is 4. The summed E-state index contributed by atoms with van der Waals surface area (Å²) in [6.45, 7) is 13.5. The van der Waals surface area contributed by atoms with Crippen LogP contribution in [0.15, 0.2) is 67.6 Å². The van der Waals surface area contributed by atoms with Crippen molar-refractivity contribution < 1.29 is 14.3 Å². The lowest BCUT2D eigenvalue weighted by Crippen LogP contribution is -2.35. The Bertz CT molecular complexity index is 1780. The molecule has 4 rings (SSSR count). The number of aromatic nitrogens is 2. The van der Waals surface area contributed by atoms with Crippen LogP contribution >= 0.6 is 12.6 Å². The highest BCUT2D eigenvalue weighted by atomic mass is 32.1. The number of hydrogen-bond acceptors (Lipinski definition) is 9. The summed E-state index contributed by atoms with van der Waals surface area (Å²) in [5, 5.41) is 7.67. The molecule has 3 aromatic carbocycles. The van der Waals surface area contributed by atoms with Gasteiger partial charge in [-0.3, -0.25) is 4.79 Å². The highest BCUT2D eigenvalue weighted by Gasteiger charge is 2.16. The van der Waals surface area contributed by atoms with E-state index in [2.05, 4.69) is 77.6 Å². The second-order valence-corrected chi connectivity index (χ2v) is 11.6. The first-order valence-corrected chi connectivity index (χ1v) is 16.3. The normalized spacial score (nSPS) is 11.2. The van der Waals surface area contributed by atoms with Gasteiger partial charge in [0, 0.05) is 55.3 Å². The average molecular weight is 653 g/mol. The molecule has 1 aromatic heterocycles.